The Morgan fingerprint density at radius 1 is 0.800 bits per heavy atom. The van der Waals surface area contributed by atoms with Crippen LogP contribution in [0.3, 0.4) is 0 Å². The van der Waals surface area contributed by atoms with Crippen molar-refractivity contribution in [2.75, 3.05) is 0 Å². The molecule has 0 heterocycles. The molecule has 0 atom stereocenters. The maximum Gasteiger partial charge on any atom is 3.00 e. The molecule has 2 aliphatic carbocycles. The van der Waals surface area contributed by atoms with Gasteiger partial charge in [0.15, 0.2) is 0 Å². The van der Waals surface area contributed by atoms with Gasteiger partial charge in [0.2, 0.25) is 0 Å². The van der Waals surface area contributed by atoms with Crippen molar-refractivity contribution in [2.24, 2.45) is 0 Å². The van der Waals surface area contributed by atoms with Crippen LogP contribution in [0.1, 0.15) is 12.8 Å². The van der Waals surface area contributed by atoms with Crippen LogP contribution in [0.25, 0.3) is 0 Å². The summed E-state index contributed by atoms with van der Waals surface area (Å²) < 4.78 is 35.7. The SMILES string of the molecule is Fc1[c-]c(F)cc(F)c1.[C-]1=CC=CC1.[C-]1=CC=CC1.[Ti+3]. The summed E-state index contributed by atoms with van der Waals surface area (Å²) in [6.45, 7) is 0. The summed E-state index contributed by atoms with van der Waals surface area (Å²) in [6.07, 6.45) is 20.0. The molecule has 2 aliphatic rings. The third kappa shape index (κ3) is 9.59. The molecule has 0 saturated carbocycles. The number of halogens is 3. The molecule has 0 aromatic heterocycles. The second kappa shape index (κ2) is 11.5. The van der Waals surface area contributed by atoms with Crippen molar-refractivity contribution in [3.05, 3.63) is 84.3 Å². The molecule has 0 amide bonds. The van der Waals surface area contributed by atoms with Gasteiger partial charge in [0.05, 0.1) is 0 Å². The van der Waals surface area contributed by atoms with Gasteiger partial charge in [-0.05, 0) is 0 Å². The standard InChI is InChI=1S/C6H2F3.2C5H5.Ti/c7-4-1-5(8)3-6(9)2-4;2*1-2-4-5-3-1;/h1-2H;2*1-3H,4H2;/q3*-1;+3. The average Bonchev–Trinajstić information content (AvgIpc) is 3.07. The van der Waals surface area contributed by atoms with Crippen LogP contribution in [-0.4, -0.2) is 0 Å². The fourth-order valence-electron chi connectivity index (χ4n) is 1.15. The van der Waals surface area contributed by atoms with Gasteiger partial charge in [-0.2, -0.15) is 12.2 Å². The minimum Gasteiger partial charge on any atom is -0.273 e. The van der Waals surface area contributed by atoms with Crippen molar-refractivity contribution in [3.8, 4) is 0 Å². The first-order valence-corrected chi connectivity index (χ1v) is 5.66. The minimum absolute atomic E-state index is 0. The summed E-state index contributed by atoms with van der Waals surface area (Å²) in [4.78, 5) is 0. The van der Waals surface area contributed by atoms with Gasteiger partial charge in [0, 0.05) is 17.5 Å². The molecule has 101 valence electrons. The smallest absolute Gasteiger partial charge is 0.273 e. The fourth-order valence-corrected chi connectivity index (χ4v) is 1.15. The first kappa shape index (κ1) is 18.7. The zero-order valence-electron chi connectivity index (χ0n) is 10.7. The van der Waals surface area contributed by atoms with Crippen LogP contribution < -0.4 is 0 Å². The van der Waals surface area contributed by atoms with Crippen LogP contribution in [0.4, 0.5) is 13.2 Å². The Bertz CT molecular complexity index is 410. The zero-order chi connectivity index (χ0) is 13.9. The van der Waals surface area contributed by atoms with E-state index in [0.717, 1.165) is 12.8 Å². The molecule has 0 spiro atoms. The van der Waals surface area contributed by atoms with Gasteiger partial charge in [0.1, 0.15) is 0 Å². The third-order valence-electron chi connectivity index (χ3n) is 1.94. The van der Waals surface area contributed by atoms with Crippen molar-refractivity contribution in [2.45, 2.75) is 12.8 Å². The Kier molecular flexibility index (Phi) is 10.7. The van der Waals surface area contributed by atoms with E-state index in [1.165, 1.54) is 0 Å². The largest absolute Gasteiger partial charge is 3.00 e. The van der Waals surface area contributed by atoms with Crippen molar-refractivity contribution in [1.82, 2.24) is 0 Å². The van der Waals surface area contributed by atoms with Crippen LogP contribution in [0.15, 0.2) is 48.6 Å². The molecule has 0 unspecified atom stereocenters. The van der Waals surface area contributed by atoms with Crippen molar-refractivity contribution < 1.29 is 34.9 Å². The van der Waals surface area contributed by atoms with Crippen LogP contribution >= 0.6 is 0 Å². The quantitative estimate of drug-likeness (QED) is 0.488. The summed E-state index contributed by atoms with van der Waals surface area (Å²) in [7, 11) is 0. The van der Waals surface area contributed by atoms with Crippen LogP contribution in [0.2, 0.25) is 0 Å². The zero-order valence-corrected chi connectivity index (χ0v) is 12.2. The Hall–Kier alpha value is -1.32. The van der Waals surface area contributed by atoms with E-state index >= 15 is 0 Å². The molecular weight excluding hydrogens is 297 g/mol. The van der Waals surface area contributed by atoms with E-state index < -0.39 is 17.5 Å². The second-order valence-electron chi connectivity index (χ2n) is 3.50. The molecule has 0 N–H and O–H groups in total. The van der Waals surface area contributed by atoms with Gasteiger partial charge in [-0.3, -0.25) is 12.2 Å². The van der Waals surface area contributed by atoms with E-state index in [9.17, 15) is 13.2 Å². The van der Waals surface area contributed by atoms with Gasteiger partial charge >= 0.3 is 21.7 Å². The van der Waals surface area contributed by atoms with Gasteiger partial charge < -0.3 is 0 Å². The number of benzene rings is 1. The molecule has 1 aromatic carbocycles. The summed E-state index contributed by atoms with van der Waals surface area (Å²) in [5.74, 6) is -2.97. The van der Waals surface area contributed by atoms with E-state index in [2.05, 4.69) is 24.3 Å². The van der Waals surface area contributed by atoms with Gasteiger partial charge in [-0.15, -0.1) is 31.0 Å². The molecule has 0 aliphatic heterocycles. The number of rotatable bonds is 0. The van der Waals surface area contributed by atoms with Gasteiger partial charge in [-0.25, -0.2) is 37.5 Å². The maximum absolute atomic E-state index is 11.9. The minimum atomic E-state index is -1.02. The molecule has 20 heavy (non-hydrogen) atoms. The average molecular weight is 309 g/mol. The molecule has 0 saturated heterocycles. The molecule has 3 rings (SSSR count). The summed E-state index contributed by atoms with van der Waals surface area (Å²) >= 11 is 0. The topological polar surface area (TPSA) is 0 Å². The van der Waals surface area contributed by atoms with Crippen LogP contribution in [0, 0.1) is 35.7 Å². The number of hydrogen-bond donors (Lipinski definition) is 0. The normalized spacial score (nSPS) is 13.2. The van der Waals surface area contributed by atoms with E-state index in [-0.39, 0.29) is 21.7 Å². The van der Waals surface area contributed by atoms with Crippen LogP contribution in [-0.2, 0) is 21.7 Å². The Morgan fingerprint density at radius 3 is 1.45 bits per heavy atom. The molecule has 1 radical (unpaired) electrons. The Balaban J connectivity index is 0.000000282. The van der Waals surface area contributed by atoms with E-state index in [4.69, 9.17) is 0 Å². The number of allylic oxidation sites excluding steroid dienone is 8. The van der Waals surface area contributed by atoms with E-state index in [1.54, 1.807) is 6.07 Å². The Labute approximate surface area is 132 Å². The monoisotopic (exact) mass is 309 g/mol. The first-order chi connectivity index (χ1) is 9.18. The van der Waals surface area contributed by atoms with Gasteiger partial charge in [0.25, 0.3) is 0 Å². The molecule has 0 bridgehead atoms. The van der Waals surface area contributed by atoms with Gasteiger partial charge in [-0.1, -0.05) is 0 Å². The maximum atomic E-state index is 11.9. The molecule has 0 fully saturated rings. The fraction of sp³-hybridized carbons (Fsp3) is 0.125. The summed E-state index contributed by atoms with van der Waals surface area (Å²) in [5, 5.41) is 0. The molecule has 1 aromatic rings. The molecule has 4 heteroatoms. The Morgan fingerprint density at radius 2 is 1.25 bits per heavy atom. The second-order valence-corrected chi connectivity index (χ2v) is 3.50. The predicted molar refractivity (Wildman–Crippen MR) is 68.3 cm³/mol. The van der Waals surface area contributed by atoms with Crippen molar-refractivity contribution >= 4 is 0 Å². The third-order valence-corrected chi connectivity index (χ3v) is 1.94. The predicted octanol–water partition coefficient (Wildman–Crippen LogP) is 4.51. The summed E-state index contributed by atoms with van der Waals surface area (Å²) in [5.41, 5.74) is 0. The molecule has 0 nitrogen and oxygen atoms in total. The van der Waals surface area contributed by atoms with E-state index in [0.29, 0.717) is 12.1 Å². The van der Waals surface area contributed by atoms with Crippen molar-refractivity contribution in [1.29, 1.82) is 0 Å². The molecular formula is C16H12F3Ti. The van der Waals surface area contributed by atoms with E-state index in [1.807, 2.05) is 24.3 Å². The van der Waals surface area contributed by atoms with Crippen LogP contribution in [0.5, 0.6) is 0 Å². The number of hydrogen-bond acceptors (Lipinski definition) is 0. The first-order valence-electron chi connectivity index (χ1n) is 5.66. The van der Waals surface area contributed by atoms with Crippen molar-refractivity contribution in [3.63, 3.8) is 0 Å². The summed E-state index contributed by atoms with van der Waals surface area (Å²) in [6, 6.07) is 2.75.